The molecule has 0 heterocycles. The summed E-state index contributed by atoms with van der Waals surface area (Å²) in [6.45, 7) is 14.1. The van der Waals surface area contributed by atoms with Gasteiger partial charge in [0.2, 0.25) is 0 Å². The van der Waals surface area contributed by atoms with Crippen LogP contribution in [0, 0.1) is 5.92 Å². The first kappa shape index (κ1) is 8.48. The molecule has 0 bridgehead atoms. The molecule has 0 fully saturated rings. The van der Waals surface area contributed by atoms with Crippen LogP contribution in [0.25, 0.3) is 0 Å². The van der Waals surface area contributed by atoms with Gasteiger partial charge in [0, 0.05) is 0 Å². The third-order valence-corrected chi connectivity index (χ3v) is 1.81. The molecule has 0 N–H and O–H groups in total. The van der Waals surface area contributed by atoms with Crippen molar-refractivity contribution >= 4 is 0 Å². The van der Waals surface area contributed by atoms with E-state index in [0.29, 0.717) is 5.92 Å². The Morgan fingerprint density at radius 1 is 1.44 bits per heavy atom. The molecule has 0 nitrogen and oxygen atoms in total. The van der Waals surface area contributed by atoms with Crippen molar-refractivity contribution in [3.63, 3.8) is 0 Å². The Balaban J connectivity index is 3.88. The van der Waals surface area contributed by atoms with Gasteiger partial charge in [0.1, 0.15) is 0 Å². The maximum Gasteiger partial charge on any atom is -0.00297 e. The van der Waals surface area contributed by atoms with Crippen LogP contribution in [0.5, 0.6) is 0 Å². The molecule has 0 aromatic heterocycles. The van der Waals surface area contributed by atoms with Gasteiger partial charge in [-0.2, -0.15) is 0 Å². The van der Waals surface area contributed by atoms with Crippen LogP contribution in [0.4, 0.5) is 0 Å². The lowest BCUT2D eigenvalue weighted by molar-refractivity contribution is 0.768. The summed E-state index contributed by atoms with van der Waals surface area (Å²) in [6.07, 6.45) is 1.06. The number of allylic oxidation sites excluding steroid dienone is 2. The van der Waals surface area contributed by atoms with Crippen LogP contribution in [0.3, 0.4) is 0 Å². The van der Waals surface area contributed by atoms with E-state index in [2.05, 4.69) is 27.0 Å². The molecule has 0 aliphatic heterocycles. The van der Waals surface area contributed by atoms with Gasteiger partial charge in [-0.05, 0) is 19.3 Å². The molecular formula is C9H16. The van der Waals surface area contributed by atoms with Crippen LogP contribution >= 0.6 is 0 Å². The normalized spacial score (nSPS) is 12.8. The third-order valence-electron chi connectivity index (χ3n) is 1.81. The van der Waals surface area contributed by atoms with Gasteiger partial charge in [0.25, 0.3) is 0 Å². The van der Waals surface area contributed by atoms with E-state index in [1.165, 1.54) is 11.1 Å². The van der Waals surface area contributed by atoms with E-state index >= 15 is 0 Å². The molecule has 0 aromatic rings. The summed E-state index contributed by atoms with van der Waals surface area (Å²) in [5, 5.41) is 0. The average Bonchev–Trinajstić information content (AvgIpc) is 1.84. The molecule has 1 atom stereocenters. The molecule has 0 saturated heterocycles. The molecule has 0 spiro atoms. The second-order valence-corrected chi connectivity index (χ2v) is 2.58. The number of hydrogen-bond donors (Lipinski definition) is 0. The molecule has 1 unspecified atom stereocenters. The maximum atomic E-state index is 3.93. The molecular weight excluding hydrogens is 108 g/mol. The summed E-state index contributed by atoms with van der Waals surface area (Å²) >= 11 is 0. The van der Waals surface area contributed by atoms with Crippen molar-refractivity contribution in [1.29, 1.82) is 0 Å². The molecule has 0 aromatic carbocycles. The van der Waals surface area contributed by atoms with Crippen molar-refractivity contribution in [3.8, 4) is 0 Å². The van der Waals surface area contributed by atoms with Gasteiger partial charge >= 0.3 is 0 Å². The Morgan fingerprint density at radius 3 is 2.00 bits per heavy atom. The van der Waals surface area contributed by atoms with Crippen molar-refractivity contribution < 1.29 is 0 Å². The monoisotopic (exact) mass is 124 g/mol. The highest BCUT2D eigenvalue weighted by atomic mass is 14.1. The Morgan fingerprint density at radius 2 is 1.89 bits per heavy atom. The highest BCUT2D eigenvalue weighted by Crippen LogP contribution is 2.18. The topological polar surface area (TPSA) is 0 Å². The second kappa shape index (κ2) is 3.49. The highest BCUT2D eigenvalue weighted by Gasteiger charge is 2.03. The summed E-state index contributed by atoms with van der Waals surface area (Å²) in [4.78, 5) is 0. The van der Waals surface area contributed by atoms with Gasteiger partial charge in [0.05, 0.1) is 0 Å². The fourth-order valence-electron chi connectivity index (χ4n) is 0.655. The minimum Gasteiger partial charge on any atom is -0.0995 e. The minimum atomic E-state index is 0.495. The molecule has 0 amide bonds. The van der Waals surface area contributed by atoms with Gasteiger partial charge in [0.15, 0.2) is 0 Å². The van der Waals surface area contributed by atoms with Gasteiger partial charge in [-0.3, -0.25) is 0 Å². The first-order valence-electron chi connectivity index (χ1n) is 3.42. The van der Waals surface area contributed by atoms with Gasteiger partial charge in [-0.15, -0.1) is 0 Å². The Bertz CT molecular complexity index is 120. The first-order valence-corrected chi connectivity index (χ1v) is 3.42. The molecule has 0 heteroatoms. The summed E-state index contributed by atoms with van der Waals surface area (Å²) in [5.41, 5.74) is 2.49. The summed E-state index contributed by atoms with van der Waals surface area (Å²) in [6, 6.07) is 0. The largest absolute Gasteiger partial charge is 0.0995 e. The number of hydrogen-bond acceptors (Lipinski definition) is 0. The van der Waals surface area contributed by atoms with E-state index in [4.69, 9.17) is 0 Å². The number of rotatable bonds is 3. The van der Waals surface area contributed by atoms with Gasteiger partial charge < -0.3 is 0 Å². The predicted molar refractivity (Wildman–Crippen MR) is 43.4 cm³/mol. The minimum absolute atomic E-state index is 0.495. The molecule has 0 aliphatic rings. The Kier molecular flexibility index (Phi) is 3.29. The second-order valence-electron chi connectivity index (χ2n) is 2.58. The Labute approximate surface area is 58.3 Å². The zero-order valence-corrected chi connectivity index (χ0v) is 6.70. The van der Waals surface area contributed by atoms with E-state index in [1.54, 1.807) is 0 Å². The van der Waals surface area contributed by atoms with Crippen LogP contribution in [-0.4, -0.2) is 0 Å². The average molecular weight is 124 g/mol. The summed E-state index contributed by atoms with van der Waals surface area (Å²) in [5.74, 6) is 0.495. The zero-order valence-electron chi connectivity index (χ0n) is 6.70. The van der Waals surface area contributed by atoms with Crippen molar-refractivity contribution in [1.82, 2.24) is 0 Å². The first-order chi connectivity index (χ1) is 4.09. The lowest BCUT2D eigenvalue weighted by atomic mass is 9.95. The van der Waals surface area contributed by atoms with Crippen molar-refractivity contribution in [3.05, 3.63) is 24.3 Å². The van der Waals surface area contributed by atoms with E-state index in [-0.39, 0.29) is 0 Å². The Hall–Kier alpha value is -0.520. The SMILES string of the molecule is C=C(C)C(C)C(=C)CC. The molecule has 0 radical (unpaired) electrons. The molecule has 0 rings (SSSR count). The van der Waals surface area contributed by atoms with Gasteiger partial charge in [-0.1, -0.05) is 38.2 Å². The lowest BCUT2D eigenvalue weighted by Gasteiger charge is -2.11. The third kappa shape index (κ3) is 2.50. The van der Waals surface area contributed by atoms with Crippen molar-refractivity contribution in [2.45, 2.75) is 27.2 Å². The summed E-state index contributed by atoms with van der Waals surface area (Å²) < 4.78 is 0. The zero-order chi connectivity index (χ0) is 7.44. The van der Waals surface area contributed by atoms with Crippen molar-refractivity contribution in [2.75, 3.05) is 0 Å². The summed E-state index contributed by atoms with van der Waals surface area (Å²) in [7, 11) is 0. The fraction of sp³-hybridized carbons (Fsp3) is 0.556. The molecule has 0 saturated carbocycles. The fourth-order valence-corrected chi connectivity index (χ4v) is 0.655. The predicted octanol–water partition coefficient (Wildman–Crippen LogP) is 3.16. The molecule has 52 valence electrons. The standard InChI is InChI=1S/C9H16/c1-6-8(4)9(5)7(2)3/h9H,2,4,6H2,1,3,5H3. The van der Waals surface area contributed by atoms with Crippen LogP contribution in [0.1, 0.15) is 27.2 Å². The van der Waals surface area contributed by atoms with Crippen molar-refractivity contribution in [2.24, 2.45) is 5.92 Å². The lowest BCUT2D eigenvalue weighted by Crippen LogP contribution is -1.97. The van der Waals surface area contributed by atoms with Crippen LogP contribution in [0.15, 0.2) is 24.3 Å². The highest BCUT2D eigenvalue weighted by molar-refractivity contribution is 5.12. The quantitative estimate of drug-likeness (QED) is 0.507. The van der Waals surface area contributed by atoms with Gasteiger partial charge in [-0.25, -0.2) is 0 Å². The van der Waals surface area contributed by atoms with E-state index in [1.807, 2.05) is 6.92 Å². The van der Waals surface area contributed by atoms with Crippen LogP contribution < -0.4 is 0 Å². The smallest absolute Gasteiger partial charge is 0.00297 e. The van der Waals surface area contributed by atoms with E-state index in [0.717, 1.165) is 6.42 Å². The maximum absolute atomic E-state index is 3.93. The van der Waals surface area contributed by atoms with Crippen LogP contribution in [0.2, 0.25) is 0 Å². The van der Waals surface area contributed by atoms with E-state index in [9.17, 15) is 0 Å². The van der Waals surface area contributed by atoms with Crippen LogP contribution in [-0.2, 0) is 0 Å². The molecule has 9 heavy (non-hydrogen) atoms. The molecule has 0 aliphatic carbocycles. The van der Waals surface area contributed by atoms with E-state index < -0.39 is 0 Å².